The Labute approximate surface area is 226 Å². The van der Waals surface area contributed by atoms with E-state index in [1.807, 2.05) is 13.0 Å². The normalized spacial score (nSPS) is 21.8. The van der Waals surface area contributed by atoms with Crippen LogP contribution in [0.3, 0.4) is 0 Å². The Hall–Kier alpha value is -2.56. The van der Waals surface area contributed by atoms with Gasteiger partial charge in [-0.25, -0.2) is 4.39 Å². The van der Waals surface area contributed by atoms with Crippen LogP contribution in [0.2, 0.25) is 10.0 Å². The highest BCUT2D eigenvalue weighted by Gasteiger charge is 2.63. The second-order valence-corrected chi connectivity index (χ2v) is 10.7. The van der Waals surface area contributed by atoms with Crippen molar-refractivity contribution in [1.29, 1.82) is 0 Å². The van der Waals surface area contributed by atoms with Gasteiger partial charge in [-0.2, -0.15) is 13.2 Å². The van der Waals surface area contributed by atoms with Crippen LogP contribution in [0.5, 0.6) is 0 Å². The molecule has 1 saturated heterocycles. The van der Waals surface area contributed by atoms with Crippen molar-refractivity contribution < 1.29 is 31.9 Å². The summed E-state index contributed by atoms with van der Waals surface area (Å²) in [7, 11) is 0. The number of fused-ring (bicyclic) bond motifs is 1. The summed E-state index contributed by atoms with van der Waals surface area (Å²) in [6.45, 7) is 4.35. The molecule has 3 aliphatic rings. The lowest BCUT2D eigenvalue weighted by Gasteiger charge is -2.30. The summed E-state index contributed by atoms with van der Waals surface area (Å²) in [5.74, 6) is -0.735. The number of hydrogen-bond donors (Lipinski definition) is 1. The molecule has 204 valence electrons. The van der Waals surface area contributed by atoms with Crippen molar-refractivity contribution in [2.75, 3.05) is 19.8 Å². The molecule has 0 spiro atoms. The Morgan fingerprint density at radius 2 is 1.76 bits per heavy atom. The van der Waals surface area contributed by atoms with Gasteiger partial charge in [0.1, 0.15) is 5.84 Å². The number of oxime groups is 1. The second kappa shape index (κ2) is 10.2. The number of benzene rings is 2. The van der Waals surface area contributed by atoms with Crippen LogP contribution in [-0.2, 0) is 28.3 Å². The summed E-state index contributed by atoms with van der Waals surface area (Å²) in [5.41, 5.74) is -0.266. The fraction of sp³-hybridized carbons (Fsp3) is 0.462. The molecule has 3 heterocycles. The maximum absolute atomic E-state index is 14.3. The Kier molecular flexibility index (Phi) is 7.26. The minimum atomic E-state index is -4.89. The number of carbonyl (C=O) groups is 1. The van der Waals surface area contributed by atoms with Crippen LogP contribution in [0.1, 0.15) is 51.9 Å². The molecule has 3 aliphatic heterocycles. The first-order chi connectivity index (χ1) is 18.0. The molecule has 12 heteroatoms. The van der Waals surface area contributed by atoms with E-state index in [0.29, 0.717) is 37.8 Å². The number of ether oxygens (including phenoxy) is 1. The number of amides is 1. The van der Waals surface area contributed by atoms with Gasteiger partial charge in [-0.05, 0) is 60.6 Å². The molecule has 1 amide bonds. The van der Waals surface area contributed by atoms with Crippen LogP contribution in [0.4, 0.5) is 17.6 Å². The van der Waals surface area contributed by atoms with Gasteiger partial charge in [-0.1, -0.05) is 34.4 Å². The van der Waals surface area contributed by atoms with Gasteiger partial charge in [0, 0.05) is 44.0 Å². The van der Waals surface area contributed by atoms with Crippen molar-refractivity contribution in [3.8, 4) is 0 Å². The highest BCUT2D eigenvalue weighted by molar-refractivity contribution is 6.35. The minimum Gasteiger partial charge on any atom is -0.381 e. The van der Waals surface area contributed by atoms with Gasteiger partial charge >= 0.3 is 6.18 Å². The molecule has 1 N–H and O–H groups in total. The molecule has 1 unspecified atom stereocenters. The minimum absolute atomic E-state index is 0.0817. The van der Waals surface area contributed by atoms with E-state index in [-0.39, 0.29) is 18.3 Å². The fourth-order valence-electron chi connectivity index (χ4n) is 5.13. The standard InChI is InChI=1S/C26H25Cl2F4N3O3/c1-14-6-16-12-35(13-17(16)7-19(14)24(36)33-11-15-2-4-37-5-3-15)22-10-25(38-34-22,26(30,31)32)18-8-20(27)23(29)21(28)9-18/h6-9,15H,2-5,10-13H2,1H3,(H,33,36). The van der Waals surface area contributed by atoms with E-state index in [1.165, 1.54) is 0 Å². The average molecular weight is 574 g/mol. The van der Waals surface area contributed by atoms with Crippen molar-refractivity contribution in [2.24, 2.45) is 11.1 Å². The van der Waals surface area contributed by atoms with Crippen LogP contribution >= 0.6 is 23.2 Å². The summed E-state index contributed by atoms with van der Waals surface area (Å²) in [6, 6.07) is 5.40. The van der Waals surface area contributed by atoms with Crippen LogP contribution < -0.4 is 5.32 Å². The molecule has 2 aromatic rings. The van der Waals surface area contributed by atoms with E-state index < -0.39 is 39.6 Å². The largest absolute Gasteiger partial charge is 0.435 e. The van der Waals surface area contributed by atoms with Crippen molar-refractivity contribution >= 4 is 34.9 Å². The molecular formula is C26H25Cl2F4N3O3. The molecular weight excluding hydrogens is 549 g/mol. The Morgan fingerprint density at radius 1 is 1.13 bits per heavy atom. The monoisotopic (exact) mass is 573 g/mol. The van der Waals surface area contributed by atoms with Crippen molar-refractivity contribution in [3.63, 3.8) is 0 Å². The molecule has 6 nitrogen and oxygen atoms in total. The number of amidine groups is 1. The third-order valence-electron chi connectivity index (χ3n) is 7.39. The Morgan fingerprint density at radius 3 is 2.39 bits per heavy atom. The first-order valence-corrected chi connectivity index (χ1v) is 12.9. The predicted octanol–water partition coefficient (Wildman–Crippen LogP) is 6.10. The number of alkyl halides is 3. The molecule has 0 radical (unpaired) electrons. The summed E-state index contributed by atoms with van der Waals surface area (Å²) >= 11 is 11.6. The maximum atomic E-state index is 14.3. The van der Waals surface area contributed by atoms with Crippen LogP contribution in [-0.4, -0.2) is 42.6 Å². The number of nitrogens with one attached hydrogen (secondary N) is 1. The highest BCUT2D eigenvalue weighted by Crippen LogP contribution is 2.50. The zero-order valence-electron chi connectivity index (χ0n) is 20.4. The van der Waals surface area contributed by atoms with Gasteiger partial charge in [0.05, 0.1) is 16.5 Å². The van der Waals surface area contributed by atoms with E-state index in [4.69, 9.17) is 32.8 Å². The summed E-state index contributed by atoms with van der Waals surface area (Å²) in [6.07, 6.45) is -3.72. The van der Waals surface area contributed by atoms with E-state index >= 15 is 0 Å². The van der Waals surface area contributed by atoms with E-state index in [0.717, 1.165) is 41.7 Å². The third-order valence-corrected chi connectivity index (χ3v) is 7.94. The number of aryl methyl sites for hydroxylation is 1. The number of carbonyl (C=O) groups excluding carboxylic acids is 1. The van der Waals surface area contributed by atoms with E-state index in [2.05, 4.69) is 10.5 Å². The van der Waals surface area contributed by atoms with Crippen molar-refractivity contribution in [1.82, 2.24) is 10.2 Å². The van der Waals surface area contributed by atoms with Crippen molar-refractivity contribution in [2.45, 2.75) is 51.1 Å². The van der Waals surface area contributed by atoms with Gasteiger partial charge < -0.3 is 19.8 Å². The molecule has 0 bridgehead atoms. The summed E-state index contributed by atoms with van der Waals surface area (Å²) in [5, 5.41) is 5.71. The second-order valence-electron chi connectivity index (χ2n) is 9.91. The van der Waals surface area contributed by atoms with E-state index in [1.54, 1.807) is 11.0 Å². The smallest absolute Gasteiger partial charge is 0.381 e. The van der Waals surface area contributed by atoms with Gasteiger partial charge in [-0.15, -0.1) is 0 Å². The first-order valence-electron chi connectivity index (χ1n) is 12.2. The number of nitrogens with zero attached hydrogens (tertiary/aromatic N) is 2. The topological polar surface area (TPSA) is 63.2 Å². The third kappa shape index (κ3) is 4.94. The number of rotatable bonds is 4. The number of hydrogen-bond acceptors (Lipinski definition) is 5. The van der Waals surface area contributed by atoms with Crippen molar-refractivity contribution in [3.05, 3.63) is 67.9 Å². The van der Waals surface area contributed by atoms with E-state index in [9.17, 15) is 22.4 Å². The van der Waals surface area contributed by atoms with Crippen LogP contribution in [0.25, 0.3) is 0 Å². The van der Waals surface area contributed by atoms with Crippen LogP contribution in [0, 0.1) is 18.7 Å². The molecule has 1 fully saturated rings. The molecule has 0 saturated carbocycles. The van der Waals surface area contributed by atoms with Gasteiger partial charge in [0.15, 0.2) is 5.82 Å². The lowest BCUT2D eigenvalue weighted by molar-refractivity contribution is -0.275. The summed E-state index contributed by atoms with van der Waals surface area (Å²) in [4.78, 5) is 19.6. The average Bonchev–Trinajstić information content (AvgIpc) is 3.50. The predicted molar refractivity (Wildman–Crippen MR) is 134 cm³/mol. The molecule has 1 atom stereocenters. The zero-order chi connectivity index (χ0) is 27.2. The van der Waals surface area contributed by atoms with Gasteiger partial charge in [0.2, 0.25) is 0 Å². The molecule has 0 aliphatic carbocycles. The SMILES string of the molecule is Cc1cc2c(cc1C(=O)NCC1CCOCC1)CN(C1=NOC(c3cc(Cl)c(F)c(Cl)c3)(C(F)(F)F)C1)C2. The Balaban J connectivity index is 1.32. The summed E-state index contributed by atoms with van der Waals surface area (Å²) < 4.78 is 62.3. The highest BCUT2D eigenvalue weighted by atomic mass is 35.5. The molecule has 5 rings (SSSR count). The lowest BCUT2D eigenvalue weighted by atomic mass is 9.89. The molecule has 0 aromatic heterocycles. The van der Waals surface area contributed by atoms with Gasteiger partial charge in [-0.3, -0.25) is 4.79 Å². The van der Waals surface area contributed by atoms with Crippen LogP contribution in [0.15, 0.2) is 29.4 Å². The lowest BCUT2D eigenvalue weighted by Crippen LogP contribution is -2.44. The zero-order valence-corrected chi connectivity index (χ0v) is 21.9. The number of halogens is 6. The quantitative estimate of drug-likeness (QED) is 0.354. The first kappa shape index (κ1) is 27.0. The molecule has 38 heavy (non-hydrogen) atoms. The fourth-order valence-corrected chi connectivity index (χ4v) is 5.62. The molecule has 2 aromatic carbocycles. The Bertz CT molecular complexity index is 1270. The van der Waals surface area contributed by atoms with Gasteiger partial charge in [0.25, 0.3) is 11.5 Å². The maximum Gasteiger partial charge on any atom is 0.435 e.